The van der Waals surface area contributed by atoms with Crippen molar-refractivity contribution in [1.82, 2.24) is 0 Å². The van der Waals surface area contributed by atoms with Crippen LogP contribution in [0.2, 0.25) is 0 Å². The van der Waals surface area contributed by atoms with Crippen molar-refractivity contribution in [2.24, 2.45) is 0 Å². The number of benzene rings is 7. The molecule has 2 aliphatic heterocycles. The molecule has 0 atom stereocenters. The molecule has 0 fully saturated rings. The molecule has 332 valence electrons. The second kappa shape index (κ2) is 14.3. The molecule has 66 heavy (non-hydrogen) atoms. The maximum Gasteiger partial charge on any atom is 0.252 e. The highest BCUT2D eigenvalue weighted by molar-refractivity contribution is 7.00. The lowest BCUT2D eigenvalue weighted by Gasteiger charge is -2.46. The second-order valence-electron chi connectivity index (χ2n) is 24.2. The van der Waals surface area contributed by atoms with E-state index in [1.54, 1.807) is 0 Å². The third kappa shape index (κ3) is 6.60. The van der Waals surface area contributed by atoms with Crippen molar-refractivity contribution < 1.29 is 4.42 Å². The van der Waals surface area contributed by atoms with E-state index in [4.69, 9.17) is 4.42 Å². The first-order valence-corrected chi connectivity index (χ1v) is 24.3. The van der Waals surface area contributed by atoms with Crippen LogP contribution in [0, 0.1) is 0 Å². The zero-order valence-electron chi connectivity index (χ0n) is 41.5. The molecule has 0 unspecified atom stereocenters. The quantitative estimate of drug-likeness (QED) is 0.165. The number of hydrogen-bond donors (Lipinski definition) is 0. The van der Waals surface area contributed by atoms with Crippen molar-refractivity contribution in [1.29, 1.82) is 0 Å². The van der Waals surface area contributed by atoms with E-state index in [1.807, 2.05) is 6.07 Å². The summed E-state index contributed by atoms with van der Waals surface area (Å²) >= 11 is 0. The fraction of sp³-hybridized carbons (Fsp3) is 0.323. The predicted molar refractivity (Wildman–Crippen MR) is 285 cm³/mol. The summed E-state index contributed by atoms with van der Waals surface area (Å²) in [6.45, 7) is 31.0. The van der Waals surface area contributed by atoms with Gasteiger partial charge in [-0.15, -0.1) is 0 Å². The Morgan fingerprint density at radius 3 is 1.58 bits per heavy atom. The summed E-state index contributed by atoms with van der Waals surface area (Å²) in [4.78, 5) is 5.24. The molecule has 4 heteroatoms. The van der Waals surface area contributed by atoms with Gasteiger partial charge in [0.1, 0.15) is 11.2 Å². The minimum atomic E-state index is -0.115. The lowest BCUT2D eigenvalue weighted by molar-refractivity contribution is 0.332. The molecule has 1 aliphatic carbocycles. The largest absolute Gasteiger partial charge is 0.455 e. The van der Waals surface area contributed by atoms with Crippen LogP contribution < -0.4 is 26.2 Å². The molecule has 0 bridgehead atoms. The number of hydrogen-bond acceptors (Lipinski definition) is 3. The van der Waals surface area contributed by atoms with Crippen LogP contribution in [0.1, 0.15) is 131 Å². The van der Waals surface area contributed by atoms with Gasteiger partial charge in [-0.25, -0.2) is 0 Å². The molecule has 3 nitrogen and oxygen atoms in total. The summed E-state index contributed by atoms with van der Waals surface area (Å²) < 4.78 is 6.55. The Bertz CT molecular complexity index is 3270. The van der Waals surface area contributed by atoms with Gasteiger partial charge in [-0.2, -0.15) is 0 Å². The van der Waals surface area contributed by atoms with E-state index >= 15 is 0 Å². The Kier molecular flexibility index (Phi) is 9.21. The van der Waals surface area contributed by atoms with Crippen molar-refractivity contribution in [2.45, 2.75) is 130 Å². The number of fused-ring (bicyclic) bond motifs is 8. The third-order valence-corrected chi connectivity index (χ3v) is 15.6. The summed E-state index contributed by atoms with van der Waals surface area (Å²) in [7, 11) is 0. The van der Waals surface area contributed by atoms with E-state index in [-0.39, 0.29) is 33.8 Å². The van der Waals surface area contributed by atoms with Crippen molar-refractivity contribution in [3.05, 3.63) is 161 Å². The Hall–Kier alpha value is -6.00. The van der Waals surface area contributed by atoms with Gasteiger partial charge in [0, 0.05) is 50.5 Å². The highest BCUT2D eigenvalue weighted by Crippen LogP contribution is 2.51. The highest BCUT2D eigenvalue weighted by Gasteiger charge is 2.45. The van der Waals surface area contributed by atoms with Crippen molar-refractivity contribution in [2.75, 3.05) is 9.80 Å². The van der Waals surface area contributed by atoms with Crippen LogP contribution in [0.4, 0.5) is 34.1 Å². The molecule has 0 saturated heterocycles. The molecule has 3 heterocycles. The van der Waals surface area contributed by atoms with Gasteiger partial charge >= 0.3 is 0 Å². The fourth-order valence-electron chi connectivity index (χ4n) is 11.4. The van der Waals surface area contributed by atoms with Crippen LogP contribution in [0.15, 0.2) is 138 Å². The number of furan rings is 1. The molecular weight excluding hydrogens is 800 g/mol. The van der Waals surface area contributed by atoms with Gasteiger partial charge in [-0.1, -0.05) is 169 Å². The van der Waals surface area contributed by atoms with Crippen LogP contribution in [-0.4, -0.2) is 6.71 Å². The standard InChI is InChI=1S/C62H65BN2O/c1-58(2,3)39-23-29-49-51(33-39)64(42-25-21-38(22-26-42)44-18-16-19-46-45-17-14-15-20-55(45)66-57(44)46)53-35-41(60(7,8)9)36-54-56(53)63(49)50-30-24-40(59(4,5)6)34-52(50)65(54)43-27-28-47-48(37-43)62(12,13)32-31-61(47,10)11/h14-30,33-37H,31-32H2,1-13H3. The lowest BCUT2D eigenvalue weighted by Crippen LogP contribution is -2.61. The van der Waals surface area contributed by atoms with Crippen LogP contribution >= 0.6 is 0 Å². The smallest absolute Gasteiger partial charge is 0.252 e. The molecule has 11 rings (SSSR count). The number of nitrogens with zero attached hydrogens (tertiary/aromatic N) is 2. The zero-order chi connectivity index (χ0) is 46.5. The van der Waals surface area contributed by atoms with Gasteiger partial charge in [0.05, 0.1) is 0 Å². The van der Waals surface area contributed by atoms with Crippen LogP contribution in [0.5, 0.6) is 0 Å². The lowest BCUT2D eigenvalue weighted by atomic mass is 9.33. The summed E-state index contributed by atoms with van der Waals surface area (Å²) in [5.41, 5.74) is 22.6. The van der Waals surface area contributed by atoms with E-state index in [1.165, 1.54) is 85.5 Å². The topological polar surface area (TPSA) is 19.6 Å². The van der Waals surface area contributed by atoms with Gasteiger partial charge in [0.15, 0.2) is 0 Å². The van der Waals surface area contributed by atoms with Crippen molar-refractivity contribution in [3.8, 4) is 11.1 Å². The number of rotatable bonds is 3. The monoisotopic (exact) mass is 865 g/mol. The normalized spacial score (nSPS) is 16.3. The Morgan fingerprint density at radius 2 is 0.985 bits per heavy atom. The second-order valence-corrected chi connectivity index (χ2v) is 24.2. The average molecular weight is 865 g/mol. The Balaban J connectivity index is 1.18. The van der Waals surface area contributed by atoms with Gasteiger partial charge in [0.2, 0.25) is 0 Å². The number of anilines is 6. The van der Waals surface area contributed by atoms with E-state index in [9.17, 15) is 0 Å². The van der Waals surface area contributed by atoms with Gasteiger partial charge < -0.3 is 14.2 Å². The highest BCUT2D eigenvalue weighted by atomic mass is 16.3. The molecule has 0 saturated carbocycles. The molecule has 7 aromatic carbocycles. The van der Waals surface area contributed by atoms with Crippen LogP contribution in [0.25, 0.3) is 33.1 Å². The molecular formula is C62H65BN2O. The third-order valence-electron chi connectivity index (χ3n) is 15.6. The first kappa shape index (κ1) is 42.6. The maximum absolute atomic E-state index is 6.55. The Morgan fingerprint density at radius 1 is 0.470 bits per heavy atom. The van der Waals surface area contributed by atoms with Crippen molar-refractivity contribution in [3.63, 3.8) is 0 Å². The summed E-state index contributed by atoms with van der Waals surface area (Å²) in [5, 5.41) is 2.30. The minimum absolute atomic E-state index is 0.0216. The molecule has 8 aromatic rings. The van der Waals surface area contributed by atoms with Gasteiger partial charge in [-0.05, 0) is 144 Å². The molecule has 3 aliphatic rings. The van der Waals surface area contributed by atoms with E-state index < -0.39 is 0 Å². The van der Waals surface area contributed by atoms with Gasteiger partial charge in [-0.3, -0.25) is 0 Å². The fourth-order valence-corrected chi connectivity index (χ4v) is 11.4. The summed E-state index contributed by atoms with van der Waals surface area (Å²) in [6, 6.07) is 51.4. The SMILES string of the molecule is CC(C)(C)c1ccc2c(c1)N(c1ccc(-c3cccc4c3oc3ccccc34)cc1)c1cc(C(C)(C)C)cc3c1B2c1ccc(C(C)(C)C)cc1N3c1ccc2c(c1)C(C)(C)CCC2(C)C. The summed E-state index contributed by atoms with van der Waals surface area (Å²) in [6.07, 6.45) is 2.37. The average Bonchev–Trinajstić information content (AvgIpc) is 3.65. The van der Waals surface area contributed by atoms with E-state index in [0.29, 0.717) is 0 Å². The van der Waals surface area contributed by atoms with E-state index in [2.05, 4.69) is 227 Å². The molecule has 0 amide bonds. The Labute approximate surface area is 393 Å². The van der Waals surface area contributed by atoms with Gasteiger partial charge in [0.25, 0.3) is 6.71 Å². The first-order chi connectivity index (χ1) is 31.1. The molecule has 0 N–H and O–H groups in total. The first-order valence-electron chi connectivity index (χ1n) is 24.3. The molecule has 0 radical (unpaired) electrons. The van der Waals surface area contributed by atoms with Crippen molar-refractivity contribution >= 4 is 79.2 Å². The maximum atomic E-state index is 6.55. The zero-order valence-corrected chi connectivity index (χ0v) is 41.5. The minimum Gasteiger partial charge on any atom is -0.455 e. The predicted octanol–water partition coefficient (Wildman–Crippen LogP) is 15.6. The summed E-state index contributed by atoms with van der Waals surface area (Å²) in [5.74, 6) is 0. The molecule has 0 spiro atoms. The molecule has 1 aromatic heterocycles. The van der Waals surface area contributed by atoms with Crippen LogP contribution in [-0.2, 0) is 27.1 Å². The van der Waals surface area contributed by atoms with E-state index in [0.717, 1.165) is 38.8 Å². The number of para-hydroxylation sites is 2. The van der Waals surface area contributed by atoms with Crippen LogP contribution in [0.3, 0.4) is 0 Å².